The van der Waals surface area contributed by atoms with Gasteiger partial charge in [0.25, 0.3) is 5.91 Å². The van der Waals surface area contributed by atoms with Crippen LogP contribution in [0.2, 0.25) is 0 Å². The van der Waals surface area contributed by atoms with Crippen LogP contribution in [0.4, 0.5) is 17.3 Å². The second-order valence-electron chi connectivity index (χ2n) is 7.61. The van der Waals surface area contributed by atoms with E-state index in [-0.39, 0.29) is 5.91 Å². The molecule has 0 aliphatic carbocycles. The van der Waals surface area contributed by atoms with Crippen molar-refractivity contribution in [2.24, 2.45) is 0 Å². The van der Waals surface area contributed by atoms with Crippen molar-refractivity contribution in [2.75, 3.05) is 61.4 Å². The summed E-state index contributed by atoms with van der Waals surface area (Å²) in [6.07, 6.45) is 6.85. The van der Waals surface area contributed by atoms with Crippen molar-refractivity contribution < 1.29 is 4.79 Å². The number of benzene rings is 1. The number of carbonyl (C=O) groups is 1. The van der Waals surface area contributed by atoms with E-state index in [4.69, 9.17) is 0 Å². The number of rotatable bonds is 4. The Morgan fingerprint density at radius 2 is 1.50 bits per heavy atom. The van der Waals surface area contributed by atoms with Gasteiger partial charge in [-0.25, -0.2) is 9.97 Å². The number of anilines is 3. The highest BCUT2D eigenvalue weighted by Gasteiger charge is 2.16. The van der Waals surface area contributed by atoms with E-state index in [1.807, 2.05) is 12.1 Å². The van der Waals surface area contributed by atoms with Crippen molar-refractivity contribution in [3.05, 3.63) is 42.2 Å². The molecular formula is C21H28N6O. The van der Waals surface area contributed by atoms with Gasteiger partial charge in [-0.2, -0.15) is 0 Å². The molecule has 0 saturated carbocycles. The summed E-state index contributed by atoms with van der Waals surface area (Å²) in [6.45, 7) is 6.19. The van der Waals surface area contributed by atoms with Gasteiger partial charge in [-0.3, -0.25) is 4.79 Å². The van der Waals surface area contributed by atoms with E-state index >= 15 is 0 Å². The van der Waals surface area contributed by atoms with Crippen LogP contribution in [0.1, 0.15) is 29.6 Å². The number of aromatic nitrogens is 2. The standard InChI is InChI=1S/C21H28N6O/c1-25-11-13-26(14-12-25)19-7-5-18(6-8-19)24-20(28)17-15-22-21(23-16-17)27-9-3-2-4-10-27/h5-8,15-16H,2-4,9-14H2,1H3,(H,24,28). The Balaban J connectivity index is 1.35. The first kappa shape index (κ1) is 18.7. The van der Waals surface area contributed by atoms with Gasteiger partial charge in [0.15, 0.2) is 0 Å². The molecule has 0 unspecified atom stereocenters. The van der Waals surface area contributed by atoms with Crippen LogP contribution >= 0.6 is 0 Å². The summed E-state index contributed by atoms with van der Waals surface area (Å²) in [4.78, 5) is 28.2. The van der Waals surface area contributed by atoms with E-state index in [9.17, 15) is 4.79 Å². The Hall–Kier alpha value is -2.67. The smallest absolute Gasteiger partial charge is 0.258 e. The van der Waals surface area contributed by atoms with Crippen LogP contribution in [0.15, 0.2) is 36.7 Å². The van der Waals surface area contributed by atoms with E-state index in [2.05, 4.69) is 49.2 Å². The highest BCUT2D eigenvalue weighted by atomic mass is 16.1. The minimum atomic E-state index is -0.183. The molecular weight excluding hydrogens is 352 g/mol. The monoisotopic (exact) mass is 380 g/mol. The summed E-state index contributed by atoms with van der Waals surface area (Å²) in [5.41, 5.74) is 2.45. The molecule has 4 rings (SSSR count). The van der Waals surface area contributed by atoms with E-state index in [1.54, 1.807) is 12.4 Å². The topological polar surface area (TPSA) is 64.6 Å². The number of piperazine rings is 1. The highest BCUT2D eigenvalue weighted by Crippen LogP contribution is 2.20. The predicted molar refractivity (Wildman–Crippen MR) is 112 cm³/mol. The maximum absolute atomic E-state index is 12.5. The largest absolute Gasteiger partial charge is 0.369 e. The molecule has 148 valence electrons. The first-order valence-electron chi connectivity index (χ1n) is 10.1. The summed E-state index contributed by atoms with van der Waals surface area (Å²) in [5.74, 6) is 0.533. The van der Waals surface area contributed by atoms with E-state index in [1.165, 1.54) is 24.9 Å². The zero-order valence-corrected chi connectivity index (χ0v) is 16.5. The normalized spacial score (nSPS) is 18.2. The van der Waals surface area contributed by atoms with Crippen LogP contribution in [0.3, 0.4) is 0 Å². The van der Waals surface area contributed by atoms with Gasteiger partial charge in [0, 0.05) is 63.0 Å². The van der Waals surface area contributed by atoms with Crippen LogP contribution < -0.4 is 15.1 Å². The van der Waals surface area contributed by atoms with Crippen molar-refractivity contribution in [3.8, 4) is 0 Å². The number of likely N-dealkylation sites (N-methyl/N-ethyl adjacent to an activating group) is 1. The number of amides is 1. The number of nitrogens with one attached hydrogen (secondary N) is 1. The summed E-state index contributed by atoms with van der Waals surface area (Å²) >= 11 is 0. The van der Waals surface area contributed by atoms with Crippen LogP contribution in [0.25, 0.3) is 0 Å². The fourth-order valence-corrected chi connectivity index (χ4v) is 3.72. The fourth-order valence-electron chi connectivity index (χ4n) is 3.72. The lowest BCUT2D eigenvalue weighted by Crippen LogP contribution is -2.44. The van der Waals surface area contributed by atoms with Crippen molar-refractivity contribution in [3.63, 3.8) is 0 Å². The summed E-state index contributed by atoms with van der Waals surface area (Å²) in [7, 11) is 2.15. The molecule has 1 N–H and O–H groups in total. The number of carbonyl (C=O) groups excluding carboxylic acids is 1. The van der Waals surface area contributed by atoms with Gasteiger partial charge < -0.3 is 20.0 Å². The fraction of sp³-hybridized carbons (Fsp3) is 0.476. The van der Waals surface area contributed by atoms with Crippen LogP contribution in [-0.4, -0.2) is 67.1 Å². The highest BCUT2D eigenvalue weighted by molar-refractivity contribution is 6.03. The third-order valence-corrected chi connectivity index (χ3v) is 5.53. The van der Waals surface area contributed by atoms with Gasteiger partial charge in [0.1, 0.15) is 0 Å². The van der Waals surface area contributed by atoms with Gasteiger partial charge in [-0.05, 0) is 50.6 Å². The van der Waals surface area contributed by atoms with Crippen LogP contribution in [-0.2, 0) is 0 Å². The lowest BCUT2D eigenvalue weighted by Gasteiger charge is -2.34. The summed E-state index contributed by atoms with van der Waals surface area (Å²) in [6, 6.07) is 8.04. The summed E-state index contributed by atoms with van der Waals surface area (Å²) in [5, 5.41) is 2.94. The van der Waals surface area contributed by atoms with Gasteiger partial charge in [0.2, 0.25) is 5.95 Å². The molecule has 2 aliphatic heterocycles. The van der Waals surface area contributed by atoms with Crippen LogP contribution in [0.5, 0.6) is 0 Å². The van der Waals surface area contributed by atoms with E-state index in [0.717, 1.165) is 45.0 Å². The van der Waals surface area contributed by atoms with Gasteiger partial charge >= 0.3 is 0 Å². The molecule has 0 radical (unpaired) electrons. The van der Waals surface area contributed by atoms with Crippen molar-refractivity contribution in [1.29, 1.82) is 0 Å². The molecule has 2 fully saturated rings. The molecule has 3 heterocycles. The average molecular weight is 380 g/mol. The maximum atomic E-state index is 12.5. The van der Waals surface area contributed by atoms with Gasteiger partial charge in [-0.15, -0.1) is 0 Å². The molecule has 2 aromatic rings. The molecule has 0 bridgehead atoms. The number of nitrogens with zero attached hydrogens (tertiary/aromatic N) is 5. The van der Waals surface area contributed by atoms with Crippen molar-refractivity contribution in [1.82, 2.24) is 14.9 Å². The third-order valence-electron chi connectivity index (χ3n) is 5.53. The average Bonchev–Trinajstić information content (AvgIpc) is 2.76. The molecule has 1 aromatic carbocycles. The zero-order chi connectivity index (χ0) is 19.3. The molecule has 2 aliphatic rings. The first-order valence-corrected chi connectivity index (χ1v) is 10.1. The molecule has 7 heteroatoms. The maximum Gasteiger partial charge on any atom is 0.258 e. The number of hydrogen-bond acceptors (Lipinski definition) is 6. The minimum Gasteiger partial charge on any atom is -0.369 e. The molecule has 2 saturated heterocycles. The van der Waals surface area contributed by atoms with Crippen molar-refractivity contribution in [2.45, 2.75) is 19.3 Å². The molecule has 1 aromatic heterocycles. The molecule has 0 atom stereocenters. The molecule has 1 amide bonds. The zero-order valence-electron chi connectivity index (χ0n) is 16.5. The molecule has 28 heavy (non-hydrogen) atoms. The van der Waals surface area contributed by atoms with Gasteiger partial charge in [-0.1, -0.05) is 0 Å². The van der Waals surface area contributed by atoms with E-state index in [0.29, 0.717) is 11.5 Å². The Morgan fingerprint density at radius 3 is 2.14 bits per heavy atom. The SMILES string of the molecule is CN1CCN(c2ccc(NC(=O)c3cnc(N4CCCCC4)nc3)cc2)CC1. The minimum absolute atomic E-state index is 0.183. The Bertz CT molecular complexity index is 778. The van der Waals surface area contributed by atoms with E-state index < -0.39 is 0 Å². The lowest BCUT2D eigenvalue weighted by atomic mass is 10.1. The van der Waals surface area contributed by atoms with Crippen molar-refractivity contribution >= 4 is 23.2 Å². The lowest BCUT2D eigenvalue weighted by molar-refractivity contribution is 0.102. The predicted octanol–water partition coefficient (Wildman–Crippen LogP) is 2.47. The second kappa shape index (κ2) is 8.56. The Labute approximate surface area is 166 Å². The third kappa shape index (κ3) is 4.42. The number of hydrogen-bond donors (Lipinski definition) is 1. The first-order chi connectivity index (χ1) is 13.7. The van der Waals surface area contributed by atoms with Gasteiger partial charge in [0.05, 0.1) is 5.56 Å². The Kier molecular flexibility index (Phi) is 5.71. The Morgan fingerprint density at radius 1 is 0.857 bits per heavy atom. The number of piperidine rings is 1. The second-order valence-corrected chi connectivity index (χ2v) is 7.61. The quantitative estimate of drug-likeness (QED) is 0.879. The summed E-state index contributed by atoms with van der Waals surface area (Å²) < 4.78 is 0. The molecule has 7 nitrogen and oxygen atoms in total. The molecule has 0 spiro atoms. The van der Waals surface area contributed by atoms with Crippen LogP contribution in [0, 0.1) is 0 Å².